The lowest BCUT2D eigenvalue weighted by molar-refractivity contribution is -0.139. The molecule has 0 saturated carbocycles. The number of para-hydroxylation sites is 1. The maximum Gasteiger partial charge on any atom is 0.341 e. The first-order valence-corrected chi connectivity index (χ1v) is 6.24. The average molecular weight is 306 g/mol. The number of carboxylic acid groups (broad SMARTS) is 1. The number of aliphatic carboxylic acids is 1. The minimum Gasteiger partial charge on any atom is -0.481 e. The van der Waals surface area contributed by atoms with Crippen LogP contribution in [-0.2, 0) is 4.79 Å². The van der Waals surface area contributed by atoms with E-state index >= 15 is 0 Å². The molecule has 22 heavy (non-hydrogen) atoms. The number of rotatable bonds is 6. The van der Waals surface area contributed by atoms with Crippen LogP contribution in [-0.4, -0.2) is 23.9 Å². The van der Waals surface area contributed by atoms with Crippen molar-refractivity contribution in [2.24, 2.45) is 5.10 Å². The van der Waals surface area contributed by atoms with Crippen LogP contribution in [0.3, 0.4) is 0 Å². The number of carbonyl (C=O) groups is 1. The number of hydrogen-bond donors (Lipinski definition) is 2. The van der Waals surface area contributed by atoms with Crippen molar-refractivity contribution >= 4 is 17.9 Å². The van der Waals surface area contributed by atoms with Gasteiger partial charge in [-0.2, -0.15) is 5.10 Å². The molecule has 2 rings (SSSR count). The van der Waals surface area contributed by atoms with Crippen LogP contribution in [0.1, 0.15) is 5.56 Å². The molecule has 0 heterocycles. The van der Waals surface area contributed by atoms with E-state index in [1.807, 2.05) is 0 Å². The van der Waals surface area contributed by atoms with Gasteiger partial charge in [0.2, 0.25) is 0 Å². The highest BCUT2D eigenvalue weighted by Crippen LogP contribution is 2.17. The van der Waals surface area contributed by atoms with Crippen molar-refractivity contribution in [3.8, 4) is 5.75 Å². The summed E-state index contributed by atoms with van der Waals surface area (Å²) < 4.78 is 31.3. The Labute approximate surface area is 124 Å². The van der Waals surface area contributed by atoms with Gasteiger partial charge in [0.15, 0.2) is 12.4 Å². The standard InChI is InChI=1S/C15H12F2N2O3/c16-11-5-6-13(12(17)7-11)19-18-8-10-3-1-2-4-14(10)22-9-15(20)21/h1-8,19H,9H2,(H,20,21)/b18-8+. The number of hydrogen-bond acceptors (Lipinski definition) is 4. The lowest BCUT2D eigenvalue weighted by Gasteiger charge is -2.06. The summed E-state index contributed by atoms with van der Waals surface area (Å²) in [7, 11) is 0. The molecule has 2 aromatic rings. The predicted molar refractivity (Wildman–Crippen MR) is 77.1 cm³/mol. The van der Waals surface area contributed by atoms with Gasteiger partial charge in [0, 0.05) is 11.6 Å². The first-order valence-electron chi connectivity index (χ1n) is 6.24. The van der Waals surface area contributed by atoms with Crippen LogP contribution in [0.4, 0.5) is 14.5 Å². The first-order chi connectivity index (χ1) is 10.6. The van der Waals surface area contributed by atoms with Crippen molar-refractivity contribution in [1.29, 1.82) is 0 Å². The minimum absolute atomic E-state index is 0.0154. The topological polar surface area (TPSA) is 70.9 Å². The highest BCUT2D eigenvalue weighted by Gasteiger charge is 2.04. The Bertz CT molecular complexity index is 705. The van der Waals surface area contributed by atoms with Crippen molar-refractivity contribution in [3.05, 3.63) is 59.7 Å². The van der Waals surface area contributed by atoms with Crippen molar-refractivity contribution in [2.45, 2.75) is 0 Å². The molecule has 0 amide bonds. The zero-order valence-electron chi connectivity index (χ0n) is 11.3. The average Bonchev–Trinajstić information content (AvgIpc) is 2.48. The van der Waals surface area contributed by atoms with Gasteiger partial charge in [0.25, 0.3) is 0 Å². The third-order valence-electron chi connectivity index (χ3n) is 2.59. The van der Waals surface area contributed by atoms with Crippen molar-refractivity contribution in [2.75, 3.05) is 12.0 Å². The van der Waals surface area contributed by atoms with Gasteiger partial charge in [-0.3, -0.25) is 5.43 Å². The predicted octanol–water partition coefficient (Wildman–Crippen LogP) is 2.87. The summed E-state index contributed by atoms with van der Waals surface area (Å²) in [6.45, 7) is -0.481. The number of benzene rings is 2. The second-order valence-corrected chi connectivity index (χ2v) is 4.21. The summed E-state index contributed by atoms with van der Waals surface area (Å²) in [5.74, 6) is -2.22. The molecule has 0 unspecified atom stereocenters. The molecule has 0 aromatic heterocycles. The van der Waals surface area contributed by atoms with E-state index in [2.05, 4.69) is 10.5 Å². The third-order valence-corrected chi connectivity index (χ3v) is 2.59. The minimum atomic E-state index is -1.10. The SMILES string of the molecule is O=C(O)COc1ccccc1/C=N/Nc1ccc(F)cc1F. The second kappa shape index (κ2) is 7.16. The molecule has 2 aromatic carbocycles. The molecule has 0 aliphatic heterocycles. The Morgan fingerprint density at radius 1 is 1.27 bits per heavy atom. The molecule has 0 aliphatic rings. The molecular weight excluding hydrogens is 294 g/mol. The number of carboxylic acids is 1. The number of hydrazone groups is 1. The van der Waals surface area contributed by atoms with E-state index in [0.717, 1.165) is 12.1 Å². The number of halogens is 2. The number of nitrogens with one attached hydrogen (secondary N) is 1. The Morgan fingerprint density at radius 2 is 2.05 bits per heavy atom. The molecule has 0 fully saturated rings. The van der Waals surface area contributed by atoms with E-state index in [0.29, 0.717) is 11.3 Å². The molecule has 2 N–H and O–H groups in total. The largest absolute Gasteiger partial charge is 0.481 e. The van der Waals surface area contributed by atoms with E-state index in [9.17, 15) is 13.6 Å². The summed E-state index contributed by atoms with van der Waals surface area (Å²) in [6.07, 6.45) is 1.35. The van der Waals surface area contributed by atoms with E-state index in [4.69, 9.17) is 9.84 Å². The maximum absolute atomic E-state index is 13.4. The zero-order valence-corrected chi connectivity index (χ0v) is 11.3. The molecule has 5 nitrogen and oxygen atoms in total. The Kier molecular flexibility index (Phi) is 5.02. The van der Waals surface area contributed by atoms with Gasteiger partial charge >= 0.3 is 5.97 Å². The molecular formula is C15H12F2N2O3. The van der Waals surface area contributed by atoms with Gasteiger partial charge in [0.1, 0.15) is 11.6 Å². The number of ether oxygens (including phenoxy) is 1. The van der Waals surface area contributed by atoms with E-state index < -0.39 is 24.2 Å². The summed E-state index contributed by atoms with van der Waals surface area (Å²) in [5, 5.41) is 12.4. The maximum atomic E-state index is 13.4. The van der Waals surface area contributed by atoms with E-state index in [1.54, 1.807) is 24.3 Å². The van der Waals surface area contributed by atoms with Crippen molar-refractivity contribution < 1.29 is 23.4 Å². The van der Waals surface area contributed by atoms with Gasteiger partial charge < -0.3 is 9.84 Å². The van der Waals surface area contributed by atoms with Gasteiger partial charge in [-0.15, -0.1) is 0 Å². The number of nitrogens with zero attached hydrogens (tertiary/aromatic N) is 1. The Hall–Kier alpha value is -2.96. The van der Waals surface area contributed by atoms with Crippen molar-refractivity contribution in [3.63, 3.8) is 0 Å². The fraction of sp³-hybridized carbons (Fsp3) is 0.0667. The molecule has 0 atom stereocenters. The van der Waals surface area contributed by atoms with E-state index in [1.165, 1.54) is 12.3 Å². The second-order valence-electron chi connectivity index (χ2n) is 4.21. The lowest BCUT2D eigenvalue weighted by Crippen LogP contribution is -2.10. The van der Waals surface area contributed by atoms with Crippen LogP contribution in [0.15, 0.2) is 47.6 Å². The molecule has 0 spiro atoms. The van der Waals surface area contributed by atoms with Gasteiger partial charge in [-0.05, 0) is 24.3 Å². The highest BCUT2D eigenvalue weighted by molar-refractivity contribution is 5.84. The molecule has 7 heteroatoms. The quantitative estimate of drug-likeness (QED) is 0.636. The van der Waals surface area contributed by atoms with Gasteiger partial charge in [-0.25, -0.2) is 13.6 Å². The molecule has 0 radical (unpaired) electrons. The Balaban J connectivity index is 2.08. The van der Waals surface area contributed by atoms with Crippen LogP contribution >= 0.6 is 0 Å². The normalized spacial score (nSPS) is 10.6. The summed E-state index contributed by atoms with van der Waals surface area (Å²) in [5.41, 5.74) is 2.96. The fourth-order valence-corrected chi connectivity index (χ4v) is 1.61. The number of anilines is 1. The first kappa shape index (κ1) is 15.4. The lowest BCUT2D eigenvalue weighted by atomic mass is 10.2. The van der Waals surface area contributed by atoms with Crippen LogP contribution in [0.5, 0.6) is 5.75 Å². The Morgan fingerprint density at radius 3 is 2.77 bits per heavy atom. The molecule has 0 aliphatic carbocycles. The summed E-state index contributed by atoms with van der Waals surface area (Å²) in [4.78, 5) is 10.5. The molecule has 114 valence electrons. The van der Waals surface area contributed by atoms with Crippen molar-refractivity contribution in [1.82, 2.24) is 0 Å². The van der Waals surface area contributed by atoms with Gasteiger partial charge in [-0.1, -0.05) is 12.1 Å². The van der Waals surface area contributed by atoms with Crippen LogP contribution < -0.4 is 10.2 Å². The van der Waals surface area contributed by atoms with Gasteiger partial charge in [0.05, 0.1) is 11.9 Å². The summed E-state index contributed by atoms with van der Waals surface area (Å²) in [6, 6.07) is 9.70. The van der Waals surface area contributed by atoms with Crippen LogP contribution in [0.25, 0.3) is 0 Å². The van der Waals surface area contributed by atoms with E-state index in [-0.39, 0.29) is 5.69 Å². The molecule has 0 bridgehead atoms. The van der Waals surface area contributed by atoms with Crippen LogP contribution in [0, 0.1) is 11.6 Å². The van der Waals surface area contributed by atoms with Crippen LogP contribution in [0.2, 0.25) is 0 Å². The monoisotopic (exact) mass is 306 g/mol. The smallest absolute Gasteiger partial charge is 0.341 e. The third kappa shape index (κ3) is 4.27. The summed E-state index contributed by atoms with van der Waals surface area (Å²) >= 11 is 0. The molecule has 0 saturated heterocycles. The highest BCUT2D eigenvalue weighted by atomic mass is 19.1. The fourth-order valence-electron chi connectivity index (χ4n) is 1.61. The zero-order chi connectivity index (χ0) is 15.9.